The summed E-state index contributed by atoms with van der Waals surface area (Å²) in [7, 11) is 0. The molecule has 148 valence electrons. The predicted octanol–water partition coefficient (Wildman–Crippen LogP) is 2.19. The average Bonchev–Trinajstić information content (AvgIpc) is 3.09. The number of nitrogens with two attached hydrogens (primary N) is 1. The van der Waals surface area contributed by atoms with E-state index in [9.17, 15) is 9.00 Å². The fraction of sp³-hybridized carbons (Fsp3) is 0.421. The first-order valence-corrected chi connectivity index (χ1v) is 10.5. The molecule has 2 heterocycles. The number of aromatic amines is 1. The smallest absolute Gasteiger partial charge is 0.248 e. The highest BCUT2D eigenvalue weighted by molar-refractivity contribution is 7.80. The van der Waals surface area contributed by atoms with Crippen LogP contribution in [-0.4, -0.2) is 35.7 Å². The molecule has 1 atom stereocenters. The largest absolute Gasteiger partial charge is 0.400 e. The van der Waals surface area contributed by atoms with E-state index in [4.69, 9.17) is 9.92 Å². The molecule has 1 aliphatic rings. The quantitative estimate of drug-likeness (QED) is 0.600. The van der Waals surface area contributed by atoms with Crippen LogP contribution in [0.5, 0.6) is 5.75 Å². The van der Waals surface area contributed by atoms with E-state index in [0.29, 0.717) is 29.9 Å². The third-order valence-electron chi connectivity index (χ3n) is 5.28. The zero-order valence-corrected chi connectivity index (χ0v) is 16.7. The second kappa shape index (κ2) is 7.05. The number of nitrogens with zero attached hydrogens (tertiary/aromatic N) is 3. The van der Waals surface area contributed by atoms with E-state index in [1.165, 1.54) is 24.6 Å². The molecule has 0 saturated heterocycles. The predicted molar refractivity (Wildman–Crippen MR) is 106 cm³/mol. The highest BCUT2D eigenvalue weighted by atomic mass is 32.2. The van der Waals surface area contributed by atoms with Crippen molar-refractivity contribution in [1.82, 2.24) is 19.8 Å². The highest BCUT2D eigenvalue weighted by Crippen LogP contribution is 2.46. The second-order valence-corrected chi connectivity index (χ2v) is 8.76. The van der Waals surface area contributed by atoms with Gasteiger partial charge in [-0.3, -0.25) is 9.89 Å². The zero-order chi connectivity index (χ0) is 19.9. The van der Waals surface area contributed by atoms with E-state index in [2.05, 4.69) is 28.3 Å². The summed E-state index contributed by atoms with van der Waals surface area (Å²) in [6.45, 7) is 4.06. The second-order valence-electron chi connectivity index (χ2n) is 7.58. The van der Waals surface area contributed by atoms with Crippen molar-refractivity contribution in [2.75, 3.05) is 5.75 Å². The van der Waals surface area contributed by atoms with Crippen molar-refractivity contribution in [1.29, 1.82) is 0 Å². The number of nitrogens with one attached hydrogen (secondary N) is 1. The Morgan fingerprint density at radius 2 is 2.14 bits per heavy atom. The zero-order valence-electron chi connectivity index (χ0n) is 15.9. The maximum Gasteiger partial charge on any atom is 0.248 e. The third-order valence-corrected chi connectivity index (χ3v) is 6.27. The first-order chi connectivity index (χ1) is 13.4. The summed E-state index contributed by atoms with van der Waals surface area (Å²) in [5.74, 6) is 1.03. The molecule has 9 heteroatoms. The molecule has 28 heavy (non-hydrogen) atoms. The minimum Gasteiger partial charge on any atom is -0.400 e. The topological polar surface area (TPSA) is 115 Å². The van der Waals surface area contributed by atoms with Gasteiger partial charge in [-0.2, -0.15) is 0 Å². The maximum absolute atomic E-state index is 12.3. The van der Waals surface area contributed by atoms with E-state index in [1.54, 1.807) is 12.1 Å². The molecule has 0 radical (unpaired) electrons. The molecule has 3 aromatic rings. The normalized spacial score (nSPS) is 16.2. The number of rotatable bonds is 8. The molecule has 1 amide bonds. The third kappa shape index (κ3) is 3.66. The van der Waals surface area contributed by atoms with Gasteiger partial charge in [-0.05, 0) is 43.9 Å². The Balaban J connectivity index is 1.36. The monoisotopic (exact) mass is 401 g/mol. The first kappa shape index (κ1) is 18.7. The number of H-pyrrole nitrogens is 1. The van der Waals surface area contributed by atoms with Gasteiger partial charge >= 0.3 is 0 Å². The van der Waals surface area contributed by atoms with Gasteiger partial charge in [0.15, 0.2) is 11.5 Å². The lowest BCUT2D eigenvalue weighted by atomic mass is 10.1. The lowest BCUT2D eigenvalue weighted by molar-refractivity contribution is 0.1000. The van der Waals surface area contributed by atoms with Gasteiger partial charge < -0.3 is 9.92 Å². The van der Waals surface area contributed by atoms with Crippen molar-refractivity contribution < 1.29 is 13.2 Å². The number of carbonyl (C=O) groups is 1. The number of carbonyl (C=O) groups excluding carboxylic acids is 1. The summed E-state index contributed by atoms with van der Waals surface area (Å²) in [6.07, 6.45) is 3.64. The molecule has 3 N–H and O–H groups in total. The fourth-order valence-electron chi connectivity index (χ4n) is 3.09. The lowest BCUT2D eigenvalue weighted by Gasteiger charge is -2.08. The molecular weight excluding hydrogens is 378 g/mol. The maximum atomic E-state index is 12.3. The van der Waals surface area contributed by atoms with Crippen molar-refractivity contribution >= 4 is 22.6 Å². The number of hydrogen-bond donors (Lipinski definition) is 2. The van der Waals surface area contributed by atoms with E-state index < -0.39 is 17.0 Å². The summed E-state index contributed by atoms with van der Waals surface area (Å²) in [6, 6.07) is 6.93. The van der Waals surface area contributed by atoms with Crippen LogP contribution in [0.15, 0.2) is 24.3 Å². The van der Waals surface area contributed by atoms with Gasteiger partial charge in [0.05, 0.1) is 5.75 Å². The van der Waals surface area contributed by atoms with Crippen LogP contribution < -0.4 is 9.92 Å². The Morgan fingerprint density at radius 1 is 1.36 bits per heavy atom. The molecule has 1 aliphatic carbocycles. The van der Waals surface area contributed by atoms with Crippen LogP contribution >= 0.6 is 0 Å². The molecule has 2 aromatic heterocycles. The minimum atomic E-state index is -1.52. The minimum absolute atomic E-state index is 0.241. The van der Waals surface area contributed by atoms with Gasteiger partial charge in [-0.15, -0.1) is 10.2 Å². The Labute approximate surface area is 165 Å². The molecular formula is C19H23N5O3S. The number of fused-ring (bicyclic) bond motifs is 1. The summed E-state index contributed by atoms with van der Waals surface area (Å²) >= 11 is -1.52. The van der Waals surface area contributed by atoms with Crippen molar-refractivity contribution in [2.45, 2.75) is 44.9 Å². The van der Waals surface area contributed by atoms with E-state index >= 15 is 0 Å². The molecule has 1 unspecified atom stereocenters. The summed E-state index contributed by atoms with van der Waals surface area (Å²) < 4.78 is 19.7. The Kier molecular flexibility index (Phi) is 4.70. The molecule has 8 nitrogen and oxygen atoms in total. The van der Waals surface area contributed by atoms with Gasteiger partial charge in [0.25, 0.3) is 0 Å². The van der Waals surface area contributed by atoms with Crippen molar-refractivity contribution in [3.63, 3.8) is 0 Å². The lowest BCUT2D eigenvalue weighted by Crippen LogP contribution is -2.12. The SMILES string of the molecule is Cc1ccc(C(N)=O)cc1OS(=O)CCCc1nnc2cc(C3(C)CC3)[nH]n12. The van der Waals surface area contributed by atoms with Gasteiger partial charge in [0.1, 0.15) is 5.75 Å². The van der Waals surface area contributed by atoms with Gasteiger partial charge in [-0.1, -0.05) is 13.0 Å². The average molecular weight is 401 g/mol. The molecule has 1 saturated carbocycles. The number of amides is 1. The van der Waals surface area contributed by atoms with Gasteiger partial charge in [-0.25, -0.2) is 8.72 Å². The number of aromatic nitrogens is 4. The Bertz CT molecular complexity index is 1070. The molecule has 4 rings (SSSR count). The highest BCUT2D eigenvalue weighted by Gasteiger charge is 2.41. The molecule has 1 aromatic carbocycles. The van der Waals surface area contributed by atoms with Crippen LogP contribution in [-0.2, 0) is 22.9 Å². The van der Waals surface area contributed by atoms with Crippen LogP contribution in [0.1, 0.15) is 53.6 Å². The van der Waals surface area contributed by atoms with Crippen molar-refractivity contribution in [3.05, 3.63) is 46.9 Å². The standard InChI is InChI=1S/C19H23N5O3S/c1-12-5-6-13(18(20)25)10-14(12)27-28(26)9-3-4-16-21-22-17-11-15(23-24(16)17)19(2)7-8-19/h5-6,10-11,23H,3-4,7-9H2,1-2H3,(H2,20,25). The fourth-order valence-corrected chi connectivity index (χ4v) is 3.93. The number of aryl methyl sites for hydroxylation is 2. The molecule has 0 aliphatic heterocycles. The summed E-state index contributed by atoms with van der Waals surface area (Å²) in [5, 5.41) is 11.8. The van der Waals surface area contributed by atoms with Crippen molar-refractivity contribution in [3.8, 4) is 5.75 Å². The van der Waals surface area contributed by atoms with Crippen molar-refractivity contribution in [2.24, 2.45) is 5.73 Å². The van der Waals surface area contributed by atoms with Gasteiger partial charge in [0.2, 0.25) is 17.0 Å². The number of primary amides is 1. The number of benzene rings is 1. The van der Waals surface area contributed by atoms with Crippen LogP contribution in [0.25, 0.3) is 5.65 Å². The van der Waals surface area contributed by atoms with Gasteiger partial charge in [0, 0.05) is 29.2 Å². The van der Waals surface area contributed by atoms with Crippen LogP contribution in [0.2, 0.25) is 0 Å². The number of hydrogen-bond acceptors (Lipinski definition) is 5. The molecule has 1 fully saturated rings. The summed E-state index contributed by atoms with van der Waals surface area (Å²) in [4.78, 5) is 11.3. The Hall–Kier alpha value is -2.68. The van der Waals surface area contributed by atoms with E-state index in [0.717, 1.165) is 17.0 Å². The van der Waals surface area contributed by atoms with Crippen LogP contribution in [0.4, 0.5) is 0 Å². The first-order valence-electron chi connectivity index (χ1n) is 9.26. The summed E-state index contributed by atoms with van der Waals surface area (Å²) in [5.41, 5.74) is 8.66. The molecule has 0 bridgehead atoms. The van der Waals surface area contributed by atoms with Crippen LogP contribution in [0, 0.1) is 6.92 Å². The van der Waals surface area contributed by atoms with E-state index in [1.807, 2.05) is 11.4 Å². The Morgan fingerprint density at radius 3 is 2.86 bits per heavy atom. The van der Waals surface area contributed by atoms with E-state index in [-0.39, 0.29) is 5.41 Å². The van der Waals surface area contributed by atoms with Crippen LogP contribution in [0.3, 0.4) is 0 Å². The molecule has 0 spiro atoms.